The molecule has 0 fully saturated rings. The Morgan fingerprint density at radius 1 is 1.24 bits per heavy atom. The summed E-state index contributed by atoms with van der Waals surface area (Å²) in [7, 11) is 0. The van der Waals surface area contributed by atoms with Crippen LogP contribution in [0.3, 0.4) is 0 Å². The largest absolute Gasteiger partial charge is 0.494 e. The van der Waals surface area contributed by atoms with E-state index < -0.39 is 0 Å². The van der Waals surface area contributed by atoms with E-state index in [2.05, 4.69) is 10.6 Å². The van der Waals surface area contributed by atoms with Gasteiger partial charge in [-0.1, -0.05) is 19.1 Å². The molecule has 21 heavy (non-hydrogen) atoms. The van der Waals surface area contributed by atoms with Crippen molar-refractivity contribution in [2.24, 2.45) is 0 Å². The summed E-state index contributed by atoms with van der Waals surface area (Å²) in [4.78, 5) is 22.8. The normalized spacial score (nSPS) is 10.2. The van der Waals surface area contributed by atoms with Crippen LogP contribution in [-0.4, -0.2) is 37.9 Å². The predicted octanol–water partition coefficient (Wildman–Crippen LogP) is 1.77. The molecule has 0 saturated heterocycles. The second-order valence-corrected chi connectivity index (χ2v) is 4.74. The molecule has 0 bridgehead atoms. The van der Waals surface area contributed by atoms with Gasteiger partial charge < -0.3 is 15.4 Å². The minimum Gasteiger partial charge on any atom is -0.494 e. The monoisotopic (exact) mass is 292 g/mol. The summed E-state index contributed by atoms with van der Waals surface area (Å²) < 4.78 is 5.55. The lowest BCUT2D eigenvalue weighted by atomic mass is 10.1. The number of rotatable bonds is 10. The SMILES string of the molecule is CCNCCNC(=O)CCCOc1cccc(C(C)=O)c1. The zero-order chi connectivity index (χ0) is 15.5. The highest BCUT2D eigenvalue weighted by Gasteiger charge is 2.03. The molecule has 116 valence electrons. The van der Waals surface area contributed by atoms with Crippen molar-refractivity contribution >= 4 is 11.7 Å². The molecule has 1 amide bonds. The second-order valence-electron chi connectivity index (χ2n) is 4.74. The van der Waals surface area contributed by atoms with Gasteiger partial charge in [0.25, 0.3) is 0 Å². The van der Waals surface area contributed by atoms with E-state index in [1.165, 1.54) is 6.92 Å². The lowest BCUT2D eigenvalue weighted by molar-refractivity contribution is -0.121. The van der Waals surface area contributed by atoms with Crippen LogP contribution in [0.4, 0.5) is 0 Å². The third-order valence-electron chi connectivity index (χ3n) is 2.93. The van der Waals surface area contributed by atoms with Crippen LogP contribution in [0.5, 0.6) is 5.75 Å². The van der Waals surface area contributed by atoms with E-state index in [0.29, 0.717) is 37.3 Å². The first kappa shape index (κ1) is 17.2. The first-order valence-corrected chi connectivity index (χ1v) is 7.34. The van der Waals surface area contributed by atoms with Gasteiger partial charge in [-0.05, 0) is 32.0 Å². The van der Waals surface area contributed by atoms with Gasteiger partial charge in [-0.25, -0.2) is 0 Å². The number of hydrogen-bond donors (Lipinski definition) is 2. The number of nitrogens with one attached hydrogen (secondary N) is 2. The van der Waals surface area contributed by atoms with Crippen LogP contribution in [0.15, 0.2) is 24.3 Å². The average Bonchev–Trinajstić information content (AvgIpc) is 2.48. The molecule has 0 saturated carbocycles. The predicted molar refractivity (Wildman–Crippen MR) is 82.7 cm³/mol. The number of amides is 1. The number of likely N-dealkylation sites (N-methyl/N-ethyl adjacent to an activating group) is 1. The lowest BCUT2D eigenvalue weighted by Crippen LogP contribution is -2.31. The Kier molecular flexibility index (Phi) is 8.12. The summed E-state index contributed by atoms with van der Waals surface area (Å²) in [6.07, 6.45) is 1.09. The van der Waals surface area contributed by atoms with E-state index >= 15 is 0 Å². The van der Waals surface area contributed by atoms with Gasteiger partial charge in [0.05, 0.1) is 6.61 Å². The number of hydrogen-bond acceptors (Lipinski definition) is 4. The number of carbonyl (C=O) groups is 2. The zero-order valence-corrected chi connectivity index (χ0v) is 12.8. The standard InChI is InChI=1S/C16H24N2O3/c1-3-17-9-10-18-16(20)8-5-11-21-15-7-4-6-14(12-15)13(2)19/h4,6-7,12,17H,3,5,8-11H2,1-2H3,(H,18,20). The molecule has 0 heterocycles. The van der Waals surface area contributed by atoms with Crippen LogP contribution >= 0.6 is 0 Å². The smallest absolute Gasteiger partial charge is 0.220 e. The Hall–Kier alpha value is -1.88. The number of carbonyl (C=O) groups excluding carboxylic acids is 2. The molecule has 0 aromatic heterocycles. The van der Waals surface area contributed by atoms with Crippen molar-refractivity contribution in [1.82, 2.24) is 10.6 Å². The van der Waals surface area contributed by atoms with Crippen LogP contribution < -0.4 is 15.4 Å². The quantitative estimate of drug-likeness (QED) is 0.509. The minimum absolute atomic E-state index is 0.0144. The molecule has 0 aliphatic rings. The van der Waals surface area contributed by atoms with Crippen LogP contribution in [-0.2, 0) is 4.79 Å². The highest BCUT2D eigenvalue weighted by Crippen LogP contribution is 2.14. The summed E-state index contributed by atoms with van der Waals surface area (Å²) in [6, 6.07) is 7.08. The van der Waals surface area contributed by atoms with Crippen molar-refractivity contribution < 1.29 is 14.3 Å². The van der Waals surface area contributed by atoms with E-state index in [-0.39, 0.29) is 11.7 Å². The maximum Gasteiger partial charge on any atom is 0.220 e. The third-order valence-corrected chi connectivity index (χ3v) is 2.93. The average molecular weight is 292 g/mol. The molecule has 2 N–H and O–H groups in total. The summed E-state index contributed by atoms with van der Waals surface area (Å²) in [5, 5.41) is 5.98. The molecule has 0 radical (unpaired) electrons. The van der Waals surface area contributed by atoms with E-state index in [1.807, 2.05) is 13.0 Å². The number of benzene rings is 1. The first-order valence-electron chi connectivity index (χ1n) is 7.34. The van der Waals surface area contributed by atoms with Crippen LogP contribution in [0, 0.1) is 0 Å². The van der Waals surface area contributed by atoms with Gasteiger partial charge in [0.15, 0.2) is 5.78 Å². The van der Waals surface area contributed by atoms with Crippen molar-refractivity contribution in [2.45, 2.75) is 26.7 Å². The van der Waals surface area contributed by atoms with Crippen LogP contribution in [0.1, 0.15) is 37.0 Å². The van der Waals surface area contributed by atoms with E-state index in [0.717, 1.165) is 13.1 Å². The Labute approximate surface area is 126 Å². The fourth-order valence-electron chi connectivity index (χ4n) is 1.78. The van der Waals surface area contributed by atoms with Gasteiger partial charge in [-0.3, -0.25) is 9.59 Å². The molecule has 0 unspecified atom stereocenters. The Bertz CT molecular complexity index is 461. The van der Waals surface area contributed by atoms with Gasteiger partial charge in [0, 0.05) is 25.1 Å². The van der Waals surface area contributed by atoms with Crippen molar-refractivity contribution in [2.75, 3.05) is 26.2 Å². The fourth-order valence-corrected chi connectivity index (χ4v) is 1.78. The fraction of sp³-hybridized carbons (Fsp3) is 0.500. The Morgan fingerprint density at radius 3 is 2.76 bits per heavy atom. The molecule has 0 atom stereocenters. The highest BCUT2D eigenvalue weighted by atomic mass is 16.5. The molecule has 0 aliphatic heterocycles. The summed E-state index contributed by atoms with van der Waals surface area (Å²) >= 11 is 0. The number of Topliss-reactive ketones (excluding diaryl/α,β-unsaturated/α-hetero) is 1. The molecule has 1 aromatic rings. The molecule has 0 aliphatic carbocycles. The second kappa shape index (κ2) is 9.94. The summed E-state index contributed by atoms with van der Waals surface area (Å²) in [6.45, 7) is 6.35. The van der Waals surface area contributed by atoms with E-state index in [1.54, 1.807) is 18.2 Å². The Balaban J connectivity index is 2.17. The molecule has 1 rings (SSSR count). The minimum atomic E-state index is 0.0144. The van der Waals surface area contributed by atoms with E-state index in [4.69, 9.17) is 4.74 Å². The maximum atomic E-state index is 11.5. The van der Waals surface area contributed by atoms with Gasteiger partial charge in [0.2, 0.25) is 5.91 Å². The van der Waals surface area contributed by atoms with Crippen LogP contribution in [0.25, 0.3) is 0 Å². The van der Waals surface area contributed by atoms with E-state index in [9.17, 15) is 9.59 Å². The van der Waals surface area contributed by atoms with Gasteiger partial charge in [0.1, 0.15) is 5.75 Å². The zero-order valence-electron chi connectivity index (χ0n) is 12.8. The molecule has 5 nitrogen and oxygen atoms in total. The molecule has 0 spiro atoms. The first-order chi connectivity index (χ1) is 10.1. The van der Waals surface area contributed by atoms with Crippen LogP contribution in [0.2, 0.25) is 0 Å². The molecule has 5 heteroatoms. The lowest BCUT2D eigenvalue weighted by Gasteiger charge is -2.08. The van der Waals surface area contributed by atoms with Crippen molar-refractivity contribution in [3.63, 3.8) is 0 Å². The Morgan fingerprint density at radius 2 is 2.05 bits per heavy atom. The molecular formula is C16H24N2O3. The highest BCUT2D eigenvalue weighted by molar-refractivity contribution is 5.94. The van der Waals surface area contributed by atoms with Crippen molar-refractivity contribution in [3.8, 4) is 5.75 Å². The molecular weight excluding hydrogens is 268 g/mol. The molecule has 1 aromatic carbocycles. The topological polar surface area (TPSA) is 67.4 Å². The summed E-state index contributed by atoms with van der Waals surface area (Å²) in [5.41, 5.74) is 0.633. The maximum absolute atomic E-state index is 11.5. The third kappa shape index (κ3) is 7.46. The number of ketones is 1. The van der Waals surface area contributed by atoms with Gasteiger partial charge >= 0.3 is 0 Å². The van der Waals surface area contributed by atoms with Gasteiger partial charge in [-0.15, -0.1) is 0 Å². The summed E-state index contributed by atoms with van der Waals surface area (Å²) in [5.74, 6) is 0.713. The van der Waals surface area contributed by atoms with Crippen molar-refractivity contribution in [1.29, 1.82) is 0 Å². The van der Waals surface area contributed by atoms with Crippen molar-refractivity contribution in [3.05, 3.63) is 29.8 Å². The number of ether oxygens (including phenoxy) is 1. The van der Waals surface area contributed by atoms with Gasteiger partial charge in [-0.2, -0.15) is 0 Å².